The van der Waals surface area contributed by atoms with Gasteiger partial charge in [0.1, 0.15) is 0 Å². The van der Waals surface area contributed by atoms with Gasteiger partial charge >= 0.3 is 0 Å². The van der Waals surface area contributed by atoms with Crippen LogP contribution in [0.2, 0.25) is 0 Å². The Morgan fingerprint density at radius 1 is 1.33 bits per heavy atom. The molecule has 0 aromatic carbocycles. The van der Waals surface area contributed by atoms with E-state index in [0.29, 0.717) is 0 Å². The maximum atomic E-state index is 11.8. The smallest absolute Gasteiger partial charge is 0.233 e. The molecule has 1 amide bonds. The monoisotopic (exact) mass is 311 g/mol. The fraction of sp³-hybridized carbons (Fsp3) is 0.909. The summed E-state index contributed by atoms with van der Waals surface area (Å²) >= 11 is 3.43. The summed E-state index contributed by atoms with van der Waals surface area (Å²) in [6, 6.07) is 0. The fourth-order valence-electron chi connectivity index (χ4n) is 1.37. The lowest BCUT2D eigenvalue weighted by Gasteiger charge is -2.22. The second-order valence-corrected chi connectivity index (χ2v) is 10.5. The highest BCUT2D eigenvalue weighted by Crippen LogP contribution is 2.24. The van der Waals surface area contributed by atoms with E-state index in [2.05, 4.69) is 5.32 Å². The van der Waals surface area contributed by atoms with E-state index in [4.69, 9.17) is 0 Å². The van der Waals surface area contributed by atoms with Crippen LogP contribution >= 0.6 is 23.5 Å². The molecule has 1 saturated heterocycles. The van der Waals surface area contributed by atoms with Gasteiger partial charge in [0.25, 0.3) is 0 Å². The molecule has 0 bridgehead atoms. The van der Waals surface area contributed by atoms with Crippen LogP contribution in [0.4, 0.5) is 0 Å². The molecule has 4 nitrogen and oxygen atoms in total. The van der Waals surface area contributed by atoms with Gasteiger partial charge in [-0.3, -0.25) is 4.79 Å². The molecule has 0 saturated carbocycles. The summed E-state index contributed by atoms with van der Waals surface area (Å²) in [5, 5.41) is 2.70. The minimum Gasteiger partial charge on any atom is -0.354 e. The Morgan fingerprint density at radius 2 is 2.00 bits per heavy atom. The number of carbonyl (C=O) groups excluding carboxylic acids is 1. The molecule has 0 aliphatic carbocycles. The van der Waals surface area contributed by atoms with Crippen molar-refractivity contribution in [2.45, 2.75) is 30.8 Å². The lowest BCUT2D eigenvalue weighted by Crippen LogP contribution is -2.40. The summed E-state index contributed by atoms with van der Waals surface area (Å²) in [6.45, 7) is 5.24. The Kier molecular flexibility index (Phi) is 5.86. The van der Waals surface area contributed by atoms with Gasteiger partial charge in [-0.05, 0) is 20.8 Å². The van der Waals surface area contributed by atoms with Crippen molar-refractivity contribution in [1.82, 2.24) is 5.32 Å². The number of amides is 1. The van der Waals surface area contributed by atoms with E-state index < -0.39 is 14.6 Å². The minimum absolute atomic E-state index is 0.00672. The van der Waals surface area contributed by atoms with Crippen molar-refractivity contribution in [2.75, 3.05) is 29.6 Å². The van der Waals surface area contributed by atoms with Crippen molar-refractivity contribution in [3.8, 4) is 0 Å². The molecule has 18 heavy (non-hydrogen) atoms. The SMILES string of the molecule is CC(C)(C)S(=O)(=O)CCNC(=O)C1CSCCS1. The molecule has 1 N–H and O–H groups in total. The van der Waals surface area contributed by atoms with E-state index in [-0.39, 0.29) is 23.5 Å². The molecule has 0 radical (unpaired) electrons. The Labute approximate surface area is 118 Å². The average Bonchev–Trinajstić information content (AvgIpc) is 2.28. The van der Waals surface area contributed by atoms with Crippen molar-refractivity contribution in [1.29, 1.82) is 0 Å². The maximum absolute atomic E-state index is 11.8. The molecule has 1 heterocycles. The quantitative estimate of drug-likeness (QED) is 0.844. The van der Waals surface area contributed by atoms with Gasteiger partial charge in [-0.25, -0.2) is 8.42 Å². The predicted octanol–water partition coefficient (Wildman–Crippen LogP) is 1.16. The topological polar surface area (TPSA) is 63.2 Å². The second kappa shape index (κ2) is 6.52. The molecular weight excluding hydrogens is 290 g/mol. The Balaban J connectivity index is 2.35. The van der Waals surface area contributed by atoms with Gasteiger partial charge in [0.15, 0.2) is 9.84 Å². The molecule has 7 heteroatoms. The molecular formula is C11H21NO3S3. The van der Waals surface area contributed by atoms with Gasteiger partial charge in [-0.15, -0.1) is 11.8 Å². The van der Waals surface area contributed by atoms with Crippen LogP contribution in [0.5, 0.6) is 0 Å². The second-order valence-electron chi connectivity index (χ2n) is 5.16. The van der Waals surface area contributed by atoms with Crippen LogP contribution in [-0.2, 0) is 14.6 Å². The zero-order chi connectivity index (χ0) is 13.8. The van der Waals surface area contributed by atoms with Crippen molar-refractivity contribution in [3.63, 3.8) is 0 Å². The number of sulfone groups is 1. The highest BCUT2D eigenvalue weighted by atomic mass is 32.2. The number of rotatable bonds is 4. The van der Waals surface area contributed by atoms with E-state index >= 15 is 0 Å². The molecule has 1 rings (SSSR count). The van der Waals surface area contributed by atoms with Crippen LogP contribution in [0, 0.1) is 0 Å². The standard InChI is InChI=1S/C11H21NO3S3/c1-11(2,3)18(14,15)7-4-12-10(13)9-8-16-5-6-17-9/h9H,4-8H2,1-3H3,(H,12,13). The highest BCUT2D eigenvalue weighted by Gasteiger charge is 2.29. The normalized spacial score (nSPS) is 21.6. The average molecular weight is 311 g/mol. The first-order valence-corrected chi connectivity index (χ1v) is 9.79. The van der Waals surface area contributed by atoms with Gasteiger partial charge in [0, 0.05) is 23.8 Å². The van der Waals surface area contributed by atoms with E-state index in [1.807, 2.05) is 0 Å². The van der Waals surface area contributed by atoms with Crippen LogP contribution in [0.25, 0.3) is 0 Å². The van der Waals surface area contributed by atoms with Gasteiger partial charge in [0.2, 0.25) is 5.91 Å². The Morgan fingerprint density at radius 3 is 2.50 bits per heavy atom. The summed E-state index contributed by atoms with van der Waals surface area (Å²) in [5.41, 5.74) is 0. The van der Waals surface area contributed by atoms with E-state index in [0.717, 1.165) is 17.3 Å². The first-order valence-electron chi connectivity index (χ1n) is 5.93. The predicted molar refractivity (Wildman–Crippen MR) is 80.1 cm³/mol. The highest BCUT2D eigenvalue weighted by molar-refractivity contribution is 8.07. The van der Waals surface area contributed by atoms with Crippen molar-refractivity contribution in [2.24, 2.45) is 0 Å². The lowest BCUT2D eigenvalue weighted by atomic mass is 10.3. The summed E-state index contributed by atoms with van der Waals surface area (Å²) in [7, 11) is -3.15. The molecule has 1 atom stereocenters. The summed E-state index contributed by atoms with van der Waals surface area (Å²) in [4.78, 5) is 11.8. The van der Waals surface area contributed by atoms with Crippen LogP contribution in [-0.4, -0.2) is 53.9 Å². The molecule has 0 aromatic rings. The van der Waals surface area contributed by atoms with Crippen LogP contribution in [0.1, 0.15) is 20.8 Å². The van der Waals surface area contributed by atoms with Crippen molar-refractivity contribution in [3.05, 3.63) is 0 Å². The van der Waals surface area contributed by atoms with Crippen LogP contribution in [0.15, 0.2) is 0 Å². The van der Waals surface area contributed by atoms with Gasteiger partial charge < -0.3 is 5.32 Å². The summed E-state index contributed by atoms with van der Waals surface area (Å²) in [6.07, 6.45) is 0. The number of nitrogens with one attached hydrogen (secondary N) is 1. The third kappa shape index (κ3) is 4.66. The zero-order valence-corrected chi connectivity index (χ0v) is 13.5. The Hall–Kier alpha value is 0.120. The fourth-order valence-corrected chi connectivity index (χ4v) is 4.93. The maximum Gasteiger partial charge on any atom is 0.233 e. The van der Waals surface area contributed by atoms with Crippen LogP contribution in [0.3, 0.4) is 0 Å². The third-order valence-corrected chi connectivity index (χ3v) is 8.07. The zero-order valence-electron chi connectivity index (χ0n) is 11.1. The lowest BCUT2D eigenvalue weighted by molar-refractivity contribution is -0.120. The minimum atomic E-state index is -3.15. The molecule has 1 unspecified atom stereocenters. The number of carbonyl (C=O) groups is 1. The number of thioether (sulfide) groups is 2. The molecule has 1 fully saturated rings. The van der Waals surface area contributed by atoms with Gasteiger partial charge in [-0.1, -0.05) is 0 Å². The first-order chi connectivity index (χ1) is 8.24. The first kappa shape index (κ1) is 16.2. The number of hydrogen-bond acceptors (Lipinski definition) is 5. The van der Waals surface area contributed by atoms with Gasteiger partial charge in [-0.2, -0.15) is 11.8 Å². The van der Waals surface area contributed by atoms with Crippen LogP contribution < -0.4 is 5.32 Å². The van der Waals surface area contributed by atoms with E-state index in [1.54, 1.807) is 44.3 Å². The summed E-state index contributed by atoms with van der Waals surface area (Å²) in [5.74, 6) is 2.88. The molecule has 1 aliphatic rings. The van der Waals surface area contributed by atoms with E-state index in [9.17, 15) is 13.2 Å². The molecule has 0 aromatic heterocycles. The van der Waals surface area contributed by atoms with Crippen molar-refractivity contribution >= 4 is 39.3 Å². The van der Waals surface area contributed by atoms with E-state index in [1.165, 1.54) is 0 Å². The van der Waals surface area contributed by atoms with Gasteiger partial charge in [0.05, 0.1) is 15.7 Å². The van der Waals surface area contributed by atoms with Crippen molar-refractivity contribution < 1.29 is 13.2 Å². The third-order valence-electron chi connectivity index (χ3n) is 2.71. The Bertz CT molecular complexity index is 381. The molecule has 106 valence electrons. The largest absolute Gasteiger partial charge is 0.354 e. The summed E-state index contributed by atoms with van der Waals surface area (Å²) < 4.78 is 22.9. The molecule has 0 spiro atoms. The molecule has 1 aliphatic heterocycles. The number of hydrogen-bond donors (Lipinski definition) is 1.